The molecule has 8 atom stereocenters. The van der Waals surface area contributed by atoms with Gasteiger partial charge in [-0.15, -0.1) is 6.58 Å². The number of cyclic esters (lactones) is 1. The number of carbonyl (C=O) groups excluding carboxylic acids is 1. The molecule has 0 amide bonds. The summed E-state index contributed by atoms with van der Waals surface area (Å²) < 4.78 is 21.1. The Morgan fingerprint density at radius 1 is 1.27 bits per heavy atom. The van der Waals surface area contributed by atoms with Crippen molar-refractivity contribution in [1.82, 2.24) is 0 Å². The third-order valence-electron chi connectivity index (χ3n) is 4.94. The smallest absolute Gasteiger partial charge is 0.340 e. The molecule has 0 spiro atoms. The number of aliphatic hydroxyl groups is 5. The van der Waals surface area contributed by atoms with E-state index < -0.39 is 61.1 Å². The second kappa shape index (κ2) is 7.24. The second-order valence-electron chi connectivity index (χ2n) is 6.44. The zero-order valence-electron chi connectivity index (χ0n) is 13.8. The van der Waals surface area contributed by atoms with E-state index >= 15 is 0 Å². The fourth-order valence-electron chi connectivity index (χ4n) is 3.36. The Labute approximate surface area is 148 Å². The van der Waals surface area contributed by atoms with Gasteiger partial charge in [0.15, 0.2) is 6.29 Å². The summed E-state index contributed by atoms with van der Waals surface area (Å²) in [6, 6.07) is 0. The Kier molecular flexibility index (Phi) is 5.35. The van der Waals surface area contributed by atoms with Gasteiger partial charge in [-0.3, -0.25) is 0 Å². The van der Waals surface area contributed by atoms with E-state index in [1.54, 1.807) is 0 Å². The third kappa shape index (κ3) is 3.03. The van der Waals surface area contributed by atoms with Gasteiger partial charge in [0.2, 0.25) is 6.29 Å². The summed E-state index contributed by atoms with van der Waals surface area (Å²) in [6.45, 7) is 3.03. The van der Waals surface area contributed by atoms with Gasteiger partial charge in [0, 0.05) is 6.42 Å². The van der Waals surface area contributed by atoms with Crippen molar-refractivity contribution >= 4 is 5.97 Å². The molecule has 5 unspecified atom stereocenters. The van der Waals surface area contributed by atoms with Gasteiger partial charge in [-0.1, -0.05) is 6.08 Å². The average Bonchev–Trinajstić information content (AvgIpc) is 2.61. The first-order valence-electron chi connectivity index (χ1n) is 8.17. The molecule has 0 aromatic rings. The van der Waals surface area contributed by atoms with E-state index in [0.29, 0.717) is 0 Å². The van der Waals surface area contributed by atoms with Gasteiger partial charge in [-0.2, -0.15) is 0 Å². The van der Waals surface area contributed by atoms with Crippen LogP contribution in [0.4, 0.5) is 0 Å². The summed E-state index contributed by atoms with van der Waals surface area (Å²) in [5, 5.41) is 49.9. The normalized spacial score (nSPS) is 45.8. The maximum Gasteiger partial charge on any atom is 0.340 e. The van der Waals surface area contributed by atoms with Gasteiger partial charge in [0.25, 0.3) is 0 Å². The van der Waals surface area contributed by atoms with Crippen molar-refractivity contribution in [3.8, 4) is 0 Å². The Hall–Kier alpha value is -1.53. The first-order chi connectivity index (χ1) is 12.3. The molecule has 10 heteroatoms. The maximum absolute atomic E-state index is 11.8. The number of ether oxygens (including phenoxy) is 4. The quantitative estimate of drug-likeness (QED) is 0.264. The molecule has 0 radical (unpaired) electrons. The van der Waals surface area contributed by atoms with Gasteiger partial charge in [0.1, 0.15) is 35.6 Å². The molecule has 2 saturated heterocycles. The lowest BCUT2D eigenvalue weighted by Crippen LogP contribution is -2.61. The van der Waals surface area contributed by atoms with Crippen molar-refractivity contribution in [1.29, 1.82) is 0 Å². The van der Waals surface area contributed by atoms with E-state index in [2.05, 4.69) is 6.58 Å². The summed E-state index contributed by atoms with van der Waals surface area (Å²) in [4.78, 5) is 11.8. The molecule has 0 aromatic heterocycles. The highest BCUT2D eigenvalue weighted by Crippen LogP contribution is 2.42. The molecule has 5 N–H and O–H groups in total. The fraction of sp³-hybridized carbons (Fsp3) is 0.688. The van der Waals surface area contributed by atoms with Gasteiger partial charge in [-0.25, -0.2) is 4.79 Å². The fourth-order valence-corrected chi connectivity index (χ4v) is 3.36. The maximum atomic E-state index is 11.8. The molecule has 0 saturated carbocycles. The Balaban J connectivity index is 1.81. The standard InChI is InChI=1S/C16H22O10/c1-2-7-14(24-6-8-13(21)23-4-3-16(7,8)22)26-15-12(20)11(19)10(18)9(5-17)25-15/h2,6-7,9-12,14-15,17-20,22H,1,3-5H2/t7-,9?,10?,11?,12?,14-,15?,16+/m0/s1. The minimum absolute atomic E-state index is 0.00375. The number of hydrogen-bond acceptors (Lipinski definition) is 10. The van der Waals surface area contributed by atoms with Crippen molar-refractivity contribution in [2.24, 2.45) is 5.92 Å². The van der Waals surface area contributed by atoms with Crippen LogP contribution in [0.2, 0.25) is 0 Å². The van der Waals surface area contributed by atoms with E-state index in [1.807, 2.05) is 0 Å². The predicted octanol–water partition coefficient (Wildman–Crippen LogP) is -2.48. The zero-order valence-corrected chi connectivity index (χ0v) is 13.8. The highest BCUT2D eigenvalue weighted by molar-refractivity contribution is 5.91. The van der Waals surface area contributed by atoms with Crippen LogP contribution >= 0.6 is 0 Å². The molecule has 0 bridgehead atoms. The lowest BCUT2D eigenvalue weighted by atomic mass is 9.76. The molecule has 3 heterocycles. The molecular weight excluding hydrogens is 352 g/mol. The molecule has 3 aliphatic heterocycles. The third-order valence-corrected chi connectivity index (χ3v) is 4.94. The second-order valence-corrected chi connectivity index (χ2v) is 6.44. The average molecular weight is 374 g/mol. The van der Waals surface area contributed by atoms with E-state index in [4.69, 9.17) is 18.9 Å². The highest BCUT2D eigenvalue weighted by atomic mass is 16.8. The minimum atomic E-state index is -1.63. The number of hydrogen-bond donors (Lipinski definition) is 5. The number of carbonyl (C=O) groups is 1. The molecule has 146 valence electrons. The largest absolute Gasteiger partial charge is 0.471 e. The number of fused-ring (bicyclic) bond motifs is 1. The van der Waals surface area contributed by atoms with E-state index in [-0.39, 0.29) is 18.6 Å². The van der Waals surface area contributed by atoms with Crippen LogP contribution in [0, 0.1) is 5.92 Å². The lowest BCUT2D eigenvalue weighted by molar-refractivity contribution is -0.344. The van der Waals surface area contributed by atoms with Crippen molar-refractivity contribution in [3.63, 3.8) is 0 Å². The van der Waals surface area contributed by atoms with Crippen molar-refractivity contribution in [3.05, 3.63) is 24.5 Å². The van der Waals surface area contributed by atoms with Crippen molar-refractivity contribution < 1.29 is 49.3 Å². The molecule has 3 rings (SSSR count). The van der Waals surface area contributed by atoms with E-state index in [0.717, 1.165) is 6.26 Å². The predicted molar refractivity (Wildman–Crippen MR) is 82.0 cm³/mol. The Morgan fingerprint density at radius 3 is 2.65 bits per heavy atom. The summed E-state index contributed by atoms with van der Waals surface area (Å²) >= 11 is 0. The van der Waals surface area contributed by atoms with Crippen LogP contribution in [0.5, 0.6) is 0 Å². The van der Waals surface area contributed by atoms with Crippen LogP contribution < -0.4 is 0 Å². The zero-order chi connectivity index (χ0) is 19.1. The Bertz CT molecular complexity index is 590. The SMILES string of the molecule is C=C[C@H]1[C@H](OC2OC(CO)C(O)C(O)C2O)OC=C2C(=O)OCC[C@]21O. The number of rotatable bonds is 4. The molecule has 0 aromatic carbocycles. The summed E-state index contributed by atoms with van der Waals surface area (Å²) in [5.41, 5.74) is -1.70. The first kappa shape index (κ1) is 19.2. The van der Waals surface area contributed by atoms with Gasteiger partial charge >= 0.3 is 5.97 Å². The number of esters is 1. The summed E-state index contributed by atoms with van der Waals surface area (Å²) in [5.74, 6) is -1.61. The summed E-state index contributed by atoms with van der Waals surface area (Å²) in [6.07, 6.45) is -6.10. The summed E-state index contributed by atoms with van der Waals surface area (Å²) in [7, 11) is 0. The topological polar surface area (TPSA) is 155 Å². The van der Waals surface area contributed by atoms with Crippen LogP contribution in [0.3, 0.4) is 0 Å². The van der Waals surface area contributed by atoms with Crippen LogP contribution in [0.1, 0.15) is 6.42 Å². The van der Waals surface area contributed by atoms with Crippen LogP contribution in [0.15, 0.2) is 24.5 Å². The number of aliphatic hydroxyl groups excluding tert-OH is 4. The van der Waals surface area contributed by atoms with Crippen LogP contribution in [-0.4, -0.2) is 87.3 Å². The van der Waals surface area contributed by atoms with E-state index in [9.17, 15) is 30.3 Å². The van der Waals surface area contributed by atoms with Crippen molar-refractivity contribution in [2.45, 2.75) is 49.0 Å². The molecule has 3 aliphatic rings. The lowest BCUT2D eigenvalue weighted by Gasteiger charge is -2.46. The Morgan fingerprint density at radius 2 is 2.00 bits per heavy atom. The molecule has 10 nitrogen and oxygen atoms in total. The van der Waals surface area contributed by atoms with Crippen LogP contribution in [-0.2, 0) is 23.7 Å². The van der Waals surface area contributed by atoms with Crippen LogP contribution in [0.25, 0.3) is 0 Å². The van der Waals surface area contributed by atoms with Gasteiger partial charge in [-0.05, 0) is 0 Å². The van der Waals surface area contributed by atoms with Gasteiger partial charge < -0.3 is 44.5 Å². The molecular formula is C16H22O10. The monoisotopic (exact) mass is 374 g/mol. The molecule has 26 heavy (non-hydrogen) atoms. The minimum Gasteiger partial charge on any atom is -0.471 e. The van der Waals surface area contributed by atoms with Crippen molar-refractivity contribution in [2.75, 3.05) is 13.2 Å². The van der Waals surface area contributed by atoms with Gasteiger partial charge in [0.05, 0.1) is 25.4 Å². The first-order valence-corrected chi connectivity index (χ1v) is 8.17. The molecule has 0 aliphatic carbocycles. The molecule has 2 fully saturated rings. The van der Waals surface area contributed by atoms with E-state index in [1.165, 1.54) is 6.08 Å². The highest BCUT2D eigenvalue weighted by Gasteiger charge is 2.54.